The van der Waals surface area contributed by atoms with Crippen LogP contribution in [0.4, 0.5) is 0 Å². The molecule has 0 saturated carbocycles. The van der Waals surface area contributed by atoms with Crippen molar-refractivity contribution >= 4 is 0 Å². The molecule has 1 atom stereocenters. The fourth-order valence-electron chi connectivity index (χ4n) is 2.00. The highest BCUT2D eigenvalue weighted by atomic mass is 16.5. The molecule has 4 nitrogen and oxygen atoms in total. The molecule has 0 aliphatic heterocycles. The number of hydrogen-bond acceptors (Lipinski definition) is 4. The Hall–Kier alpha value is -2.07. The molecule has 106 valence electrons. The maximum Gasteiger partial charge on any atom is 0.161 e. The second-order valence-corrected chi connectivity index (χ2v) is 4.55. The van der Waals surface area contributed by atoms with Crippen LogP contribution in [0.2, 0.25) is 0 Å². The molecule has 0 bridgehead atoms. The number of ether oxygens (including phenoxy) is 2. The van der Waals surface area contributed by atoms with Crippen molar-refractivity contribution in [1.29, 1.82) is 0 Å². The Bertz CT molecular complexity index is 543. The fourth-order valence-corrected chi connectivity index (χ4v) is 2.00. The van der Waals surface area contributed by atoms with Crippen LogP contribution in [0.1, 0.15) is 24.2 Å². The van der Waals surface area contributed by atoms with Crippen LogP contribution in [0.5, 0.6) is 11.5 Å². The van der Waals surface area contributed by atoms with Crippen LogP contribution in [-0.2, 0) is 6.54 Å². The lowest BCUT2D eigenvalue weighted by Gasteiger charge is -2.14. The number of methoxy groups -OCH3 is 2. The third kappa shape index (κ3) is 3.48. The summed E-state index contributed by atoms with van der Waals surface area (Å²) in [4.78, 5) is 4.34. The molecule has 0 radical (unpaired) electrons. The van der Waals surface area contributed by atoms with E-state index >= 15 is 0 Å². The Morgan fingerprint density at radius 3 is 2.55 bits per heavy atom. The van der Waals surface area contributed by atoms with Gasteiger partial charge in [-0.3, -0.25) is 4.98 Å². The van der Waals surface area contributed by atoms with Crippen molar-refractivity contribution in [2.45, 2.75) is 19.5 Å². The van der Waals surface area contributed by atoms with Crippen LogP contribution in [-0.4, -0.2) is 19.2 Å². The molecule has 0 amide bonds. The molecule has 0 aliphatic rings. The molecule has 0 aliphatic carbocycles. The summed E-state index contributed by atoms with van der Waals surface area (Å²) >= 11 is 0. The number of benzene rings is 1. The van der Waals surface area contributed by atoms with Crippen LogP contribution in [0, 0.1) is 0 Å². The van der Waals surface area contributed by atoms with E-state index in [-0.39, 0.29) is 6.04 Å². The van der Waals surface area contributed by atoms with Crippen molar-refractivity contribution in [2.24, 2.45) is 0 Å². The molecule has 4 heteroatoms. The van der Waals surface area contributed by atoms with E-state index < -0.39 is 0 Å². The summed E-state index contributed by atoms with van der Waals surface area (Å²) in [5.74, 6) is 1.49. The molecule has 2 rings (SSSR count). The zero-order valence-electron chi connectivity index (χ0n) is 12.1. The number of pyridine rings is 1. The first kappa shape index (κ1) is 14.3. The number of hydrogen-bond donors (Lipinski definition) is 1. The lowest BCUT2D eigenvalue weighted by Crippen LogP contribution is -2.19. The average Bonchev–Trinajstić information content (AvgIpc) is 2.53. The monoisotopic (exact) mass is 272 g/mol. The molecule has 1 N–H and O–H groups in total. The summed E-state index contributed by atoms with van der Waals surface area (Å²) in [6, 6.07) is 12.1. The Morgan fingerprint density at radius 2 is 1.90 bits per heavy atom. The number of nitrogens with zero attached hydrogens (tertiary/aromatic N) is 1. The minimum Gasteiger partial charge on any atom is -0.493 e. The lowest BCUT2D eigenvalue weighted by molar-refractivity contribution is 0.354. The van der Waals surface area contributed by atoms with Crippen molar-refractivity contribution in [2.75, 3.05) is 14.2 Å². The number of nitrogens with one attached hydrogen (secondary N) is 1. The molecular weight excluding hydrogens is 252 g/mol. The van der Waals surface area contributed by atoms with E-state index in [1.165, 1.54) is 0 Å². The van der Waals surface area contributed by atoms with Gasteiger partial charge in [0, 0.05) is 18.8 Å². The van der Waals surface area contributed by atoms with Gasteiger partial charge in [0.05, 0.1) is 19.9 Å². The van der Waals surface area contributed by atoms with Crippen molar-refractivity contribution in [3.8, 4) is 11.5 Å². The zero-order chi connectivity index (χ0) is 14.4. The van der Waals surface area contributed by atoms with Gasteiger partial charge in [-0.25, -0.2) is 0 Å². The largest absolute Gasteiger partial charge is 0.493 e. The van der Waals surface area contributed by atoms with Gasteiger partial charge < -0.3 is 14.8 Å². The van der Waals surface area contributed by atoms with Gasteiger partial charge in [0.15, 0.2) is 11.5 Å². The summed E-state index contributed by atoms with van der Waals surface area (Å²) < 4.78 is 10.5. The fraction of sp³-hybridized carbons (Fsp3) is 0.312. The summed E-state index contributed by atoms with van der Waals surface area (Å²) in [6.07, 6.45) is 1.81. The number of aromatic nitrogens is 1. The number of rotatable bonds is 6. The summed E-state index contributed by atoms with van der Waals surface area (Å²) in [7, 11) is 3.28. The molecule has 20 heavy (non-hydrogen) atoms. The predicted molar refractivity (Wildman–Crippen MR) is 79.0 cm³/mol. The Balaban J connectivity index is 2.00. The van der Waals surface area contributed by atoms with Crippen molar-refractivity contribution in [3.05, 3.63) is 53.9 Å². The van der Waals surface area contributed by atoms with Gasteiger partial charge in [-0.1, -0.05) is 12.1 Å². The summed E-state index contributed by atoms with van der Waals surface area (Å²) in [5, 5.41) is 3.45. The predicted octanol–water partition coefficient (Wildman–Crippen LogP) is 2.95. The van der Waals surface area contributed by atoms with Crippen molar-refractivity contribution in [3.63, 3.8) is 0 Å². The molecule has 0 fully saturated rings. The van der Waals surface area contributed by atoms with E-state index in [0.717, 1.165) is 29.3 Å². The second-order valence-electron chi connectivity index (χ2n) is 4.55. The zero-order valence-corrected chi connectivity index (χ0v) is 12.1. The van der Waals surface area contributed by atoms with E-state index in [1.54, 1.807) is 14.2 Å². The van der Waals surface area contributed by atoms with Gasteiger partial charge >= 0.3 is 0 Å². The topological polar surface area (TPSA) is 43.4 Å². The van der Waals surface area contributed by atoms with Crippen LogP contribution >= 0.6 is 0 Å². The first-order valence-electron chi connectivity index (χ1n) is 6.60. The van der Waals surface area contributed by atoms with Crippen molar-refractivity contribution in [1.82, 2.24) is 10.3 Å². The van der Waals surface area contributed by atoms with Crippen LogP contribution in [0.25, 0.3) is 0 Å². The first-order chi connectivity index (χ1) is 9.74. The minimum atomic E-state index is 0.198. The third-order valence-corrected chi connectivity index (χ3v) is 3.19. The van der Waals surface area contributed by atoms with Crippen LogP contribution < -0.4 is 14.8 Å². The van der Waals surface area contributed by atoms with E-state index in [4.69, 9.17) is 9.47 Å². The highest BCUT2D eigenvalue weighted by molar-refractivity contribution is 5.42. The van der Waals surface area contributed by atoms with Gasteiger partial charge in [0.1, 0.15) is 0 Å². The normalized spacial score (nSPS) is 11.9. The highest BCUT2D eigenvalue weighted by Gasteiger charge is 2.08. The molecule has 1 aromatic carbocycles. The van der Waals surface area contributed by atoms with Gasteiger partial charge in [-0.05, 0) is 36.8 Å². The Morgan fingerprint density at radius 1 is 1.10 bits per heavy atom. The molecule has 1 aromatic heterocycles. The SMILES string of the molecule is COc1ccc(CNC(C)c2ccccn2)cc1OC. The van der Waals surface area contributed by atoms with Crippen LogP contribution in [0.3, 0.4) is 0 Å². The lowest BCUT2D eigenvalue weighted by atomic mass is 10.1. The second kappa shape index (κ2) is 6.91. The maximum absolute atomic E-state index is 5.30. The van der Waals surface area contributed by atoms with Crippen LogP contribution in [0.15, 0.2) is 42.6 Å². The minimum absolute atomic E-state index is 0.198. The van der Waals surface area contributed by atoms with E-state index in [2.05, 4.69) is 17.2 Å². The molecule has 1 unspecified atom stereocenters. The first-order valence-corrected chi connectivity index (χ1v) is 6.60. The maximum atomic E-state index is 5.30. The average molecular weight is 272 g/mol. The highest BCUT2D eigenvalue weighted by Crippen LogP contribution is 2.27. The molecule has 0 saturated heterocycles. The van der Waals surface area contributed by atoms with Crippen molar-refractivity contribution < 1.29 is 9.47 Å². The Kier molecular flexibility index (Phi) is 4.96. The standard InChI is InChI=1S/C16H20N2O2/c1-12(14-6-4-5-9-17-14)18-11-13-7-8-15(19-2)16(10-13)20-3/h4-10,12,18H,11H2,1-3H3. The third-order valence-electron chi connectivity index (χ3n) is 3.19. The molecule has 2 aromatic rings. The van der Waals surface area contributed by atoms with Gasteiger partial charge in [-0.15, -0.1) is 0 Å². The smallest absolute Gasteiger partial charge is 0.161 e. The molecular formula is C16H20N2O2. The molecule has 1 heterocycles. The summed E-state index contributed by atoms with van der Waals surface area (Å²) in [5.41, 5.74) is 2.18. The van der Waals surface area contributed by atoms with Gasteiger partial charge in [0.25, 0.3) is 0 Å². The van der Waals surface area contributed by atoms with E-state index in [0.29, 0.717) is 0 Å². The molecule has 0 spiro atoms. The Labute approximate surface area is 119 Å². The summed E-state index contributed by atoms with van der Waals surface area (Å²) in [6.45, 7) is 2.85. The van der Waals surface area contributed by atoms with Gasteiger partial charge in [0.2, 0.25) is 0 Å². The van der Waals surface area contributed by atoms with E-state index in [1.807, 2.05) is 42.6 Å². The quantitative estimate of drug-likeness (QED) is 0.878. The van der Waals surface area contributed by atoms with Gasteiger partial charge in [-0.2, -0.15) is 0 Å². The van der Waals surface area contributed by atoms with E-state index in [9.17, 15) is 0 Å².